The number of carbonyl (C=O) groups is 3. The number of benzene rings is 3. The van der Waals surface area contributed by atoms with Crippen molar-refractivity contribution >= 4 is 58.5 Å². The van der Waals surface area contributed by atoms with Gasteiger partial charge in [0.1, 0.15) is 0 Å². The topological polar surface area (TPSA) is 94.2 Å². The molecule has 1 saturated heterocycles. The van der Waals surface area contributed by atoms with Crippen LogP contribution in [0.4, 0.5) is 17.1 Å². The number of hydrogen-bond acceptors (Lipinski definition) is 7. The highest BCUT2D eigenvalue weighted by atomic mass is 35.5. The second kappa shape index (κ2) is 13.0. The number of piperazine rings is 1. The number of amides is 2. The number of nitrogens with zero attached hydrogens (tertiary/aromatic N) is 3. The van der Waals surface area contributed by atoms with Gasteiger partial charge >= 0.3 is 5.97 Å². The number of anilines is 3. The molecular formula is C31H34ClN5O4. The minimum atomic E-state index is -0.469. The van der Waals surface area contributed by atoms with Gasteiger partial charge in [0, 0.05) is 50.2 Å². The van der Waals surface area contributed by atoms with Gasteiger partial charge in [-0.05, 0) is 49.0 Å². The maximum Gasteiger partial charge on any atom is 0.337 e. The van der Waals surface area contributed by atoms with Crippen LogP contribution >= 0.6 is 12.4 Å². The lowest BCUT2D eigenvalue weighted by atomic mass is 9.99. The minimum absolute atomic E-state index is 0. The van der Waals surface area contributed by atoms with Crippen LogP contribution in [0.1, 0.15) is 21.5 Å². The quantitative estimate of drug-likeness (QED) is 0.324. The Hall–Kier alpha value is -4.18. The predicted molar refractivity (Wildman–Crippen MR) is 164 cm³/mol. The molecule has 0 bridgehead atoms. The molecule has 41 heavy (non-hydrogen) atoms. The highest BCUT2D eigenvalue weighted by molar-refractivity contribution is 6.37. The summed E-state index contributed by atoms with van der Waals surface area (Å²) in [5, 5.41) is 6.31. The first-order valence-corrected chi connectivity index (χ1v) is 13.2. The highest BCUT2D eigenvalue weighted by Gasteiger charge is 2.29. The summed E-state index contributed by atoms with van der Waals surface area (Å²) in [4.78, 5) is 44.3. The molecule has 0 aliphatic carbocycles. The van der Waals surface area contributed by atoms with Gasteiger partial charge in [-0.1, -0.05) is 36.4 Å². The van der Waals surface area contributed by atoms with E-state index in [0.29, 0.717) is 34.6 Å². The summed E-state index contributed by atoms with van der Waals surface area (Å²) in [6, 6.07) is 22.2. The molecule has 2 N–H and O–H groups in total. The Morgan fingerprint density at radius 1 is 0.951 bits per heavy atom. The van der Waals surface area contributed by atoms with E-state index in [1.54, 1.807) is 30.1 Å². The maximum atomic E-state index is 13.2. The van der Waals surface area contributed by atoms with Crippen LogP contribution in [0.25, 0.3) is 11.3 Å². The molecule has 1 fully saturated rings. The van der Waals surface area contributed by atoms with Gasteiger partial charge in [-0.15, -0.1) is 12.4 Å². The third kappa shape index (κ3) is 6.59. The molecule has 0 unspecified atom stereocenters. The third-order valence-corrected chi connectivity index (χ3v) is 7.35. The molecule has 214 valence electrons. The Bertz CT molecular complexity index is 1450. The Kier molecular flexibility index (Phi) is 9.44. The molecule has 10 heteroatoms. The lowest BCUT2D eigenvalue weighted by Gasteiger charge is -2.32. The molecule has 9 nitrogen and oxygen atoms in total. The van der Waals surface area contributed by atoms with Crippen LogP contribution in [0.2, 0.25) is 0 Å². The number of nitrogens with one attached hydrogen (secondary N) is 2. The van der Waals surface area contributed by atoms with E-state index in [2.05, 4.69) is 27.5 Å². The number of carbonyl (C=O) groups excluding carboxylic acids is 3. The molecule has 3 aromatic rings. The smallest absolute Gasteiger partial charge is 0.337 e. The van der Waals surface area contributed by atoms with Gasteiger partial charge in [0.2, 0.25) is 5.91 Å². The number of fused-ring (bicyclic) bond motifs is 1. The zero-order chi connectivity index (χ0) is 28.2. The Balaban J connectivity index is 0.00000387. The second-order valence-corrected chi connectivity index (χ2v) is 10.0. The van der Waals surface area contributed by atoms with E-state index >= 15 is 0 Å². The van der Waals surface area contributed by atoms with Gasteiger partial charge in [-0.25, -0.2) is 4.79 Å². The van der Waals surface area contributed by atoms with E-state index in [-0.39, 0.29) is 24.2 Å². The van der Waals surface area contributed by atoms with Crippen LogP contribution in [0, 0.1) is 0 Å². The van der Waals surface area contributed by atoms with E-state index < -0.39 is 5.97 Å². The summed E-state index contributed by atoms with van der Waals surface area (Å²) in [5.74, 6) is -0.694. The monoisotopic (exact) mass is 575 g/mol. The van der Waals surface area contributed by atoms with Crippen LogP contribution in [0.3, 0.4) is 0 Å². The first kappa shape index (κ1) is 29.8. The number of likely N-dealkylation sites (N-methyl/N-ethyl adjacent to an activating group) is 2. The molecular weight excluding hydrogens is 542 g/mol. The number of ether oxygens (including phenoxy) is 1. The van der Waals surface area contributed by atoms with Crippen LogP contribution < -0.4 is 15.5 Å². The van der Waals surface area contributed by atoms with Crippen molar-refractivity contribution in [3.63, 3.8) is 0 Å². The van der Waals surface area contributed by atoms with Gasteiger partial charge in [0.15, 0.2) is 0 Å². The summed E-state index contributed by atoms with van der Waals surface area (Å²) >= 11 is 0. The van der Waals surface area contributed by atoms with Gasteiger partial charge in [0.25, 0.3) is 5.91 Å². The zero-order valence-electron chi connectivity index (χ0n) is 23.3. The van der Waals surface area contributed by atoms with E-state index in [0.717, 1.165) is 43.1 Å². The largest absolute Gasteiger partial charge is 0.465 e. The predicted octanol–water partition coefficient (Wildman–Crippen LogP) is 4.04. The summed E-state index contributed by atoms with van der Waals surface area (Å²) in [7, 11) is 5.21. The second-order valence-electron chi connectivity index (χ2n) is 10.0. The normalized spacial score (nSPS) is 16.2. The summed E-state index contributed by atoms with van der Waals surface area (Å²) in [5.41, 5.74) is 5.10. The van der Waals surface area contributed by atoms with E-state index in [9.17, 15) is 14.4 Å². The maximum absolute atomic E-state index is 13.2. The Labute approximate surface area is 246 Å². The van der Waals surface area contributed by atoms with Crippen molar-refractivity contribution in [2.24, 2.45) is 0 Å². The molecule has 2 aliphatic rings. The van der Waals surface area contributed by atoms with Crippen molar-refractivity contribution in [1.29, 1.82) is 0 Å². The van der Waals surface area contributed by atoms with Crippen LogP contribution in [0.5, 0.6) is 0 Å². The van der Waals surface area contributed by atoms with Gasteiger partial charge in [-0.3, -0.25) is 14.5 Å². The SMILES string of the molecule is COC(=O)c1ccc2c(c1)NC(=O)C2=C(Nc1ccc(N(C)C(=O)CN2CCN(C)CC2)cc1)c1ccccc1.Cl. The summed E-state index contributed by atoms with van der Waals surface area (Å²) in [6.07, 6.45) is 0. The lowest BCUT2D eigenvalue weighted by Crippen LogP contribution is -2.48. The third-order valence-electron chi connectivity index (χ3n) is 7.35. The van der Waals surface area contributed by atoms with Crippen molar-refractivity contribution in [3.8, 4) is 0 Å². The fourth-order valence-corrected chi connectivity index (χ4v) is 4.91. The van der Waals surface area contributed by atoms with Gasteiger partial charge in [-0.2, -0.15) is 0 Å². The van der Waals surface area contributed by atoms with Crippen LogP contribution in [-0.4, -0.2) is 81.5 Å². The van der Waals surface area contributed by atoms with Crippen LogP contribution in [-0.2, 0) is 14.3 Å². The van der Waals surface area contributed by atoms with Gasteiger partial charge < -0.3 is 25.2 Å². The molecule has 3 aromatic carbocycles. The van der Waals surface area contributed by atoms with Crippen molar-refractivity contribution < 1.29 is 19.1 Å². The first-order valence-electron chi connectivity index (χ1n) is 13.2. The van der Waals surface area contributed by atoms with E-state index in [4.69, 9.17) is 4.74 Å². The molecule has 2 amide bonds. The molecule has 0 spiro atoms. The van der Waals surface area contributed by atoms with Crippen LogP contribution in [0.15, 0.2) is 72.8 Å². The Morgan fingerprint density at radius 2 is 1.63 bits per heavy atom. The zero-order valence-corrected chi connectivity index (χ0v) is 24.2. The molecule has 0 saturated carbocycles. The standard InChI is InChI=1S/C31H33N5O4.ClH/c1-34-15-17-36(18-16-34)20-27(37)35(2)24-12-10-23(11-13-24)32-29(21-7-5-4-6-8-21)28-25-14-9-22(31(39)40-3)19-26(25)33-30(28)38;/h4-14,19,32H,15-18,20H2,1-3H3,(H,33,38);1H. The fraction of sp³-hybridized carbons (Fsp3) is 0.258. The molecule has 0 atom stereocenters. The van der Waals surface area contributed by atoms with Gasteiger partial charge in [0.05, 0.1) is 36.2 Å². The summed E-state index contributed by atoms with van der Waals surface area (Å²) in [6.45, 7) is 4.09. The Morgan fingerprint density at radius 3 is 2.29 bits per heavy atom. The number of halogens is 1. The lowest BCUT2D eigenvalue weighted by molar-refractivity contribution is -0.119. The average Bonchev–Trinajstić information content (AvgIpc) is 3.31. The molecule has 0 aromatic heterocycles. The number of hydrogen-bond donors (Lipinski definition) is 2. The molecule has 2 aliphatic heterocycles. The highest BCUT2D eigenvalue weighted by Crippen LogP contribution is 2.38. The summed E-state index contributed by atoms with van der Waals surface area (Å²) < 4.78 is 4.82. The molecule has 5 rings (SSSR count). The van der Waals surface area contributed by atoms with E-state index in [1.807, 2.05) is 54.6 Å². The number of esters is 1. The average molecular weight is 576 g/mol. The fourth-order valence-electron chi connectivity index (χ4n) is 4.91. The molecule has 2 heterocycles. The van der Waals surface area contributed by atoms with Crippen molar-refractivity contribution in [2.75, 3.05) is 69.5 Å². The van der Waals surface area contributed by atoms with Crippen molar-refractivity contribution in [1.82, 2.24) is 9.80 Å². The minimum Gasteiger partial charge on any atom is -0.465 e. The van der Waals surface area contributed by atoms with Crippen molar-refractivity contribution in [3.05, 3.63) is 89.5 Å². The number of methoxy groups -OCH3 is 1. The molecule has 0 radical (unpaired) electrons. The van der Waals surface area contributed by atoms with E-state index in [1.165, 1.54) is 7.11 Å². The number of rotatable bonds is 7. The van der Waals surface area contributed by atoms with Crippen molar-refractivity contribution in [2.45, 2.75) is 0 Å². The first-order chi connectivity index (χ1) is 19.3.